The molecule has 1 aromatic carbocycles. The number of thioether (sulfide) groups is 2. The predicted octanol–water partition coefficient (Wildman–Crippen LogP) is 5.67. The van der Waals surface area contributed by atoms with Crippen LogP contribution in [-0.4, -0.2) is 25.9 Å². The van der Waals surface area contributed by atoms with Crippen LogP contribution in [0, 0.1) is 0 Å². The van der Waals surface area contributed by atoms with Gasteiger partial charge in [0.05, 0.1) is 11.1 Å². The van der Waals surface area contributed by atoms with Crippen molar-refractivity contribution in [2.24, 2.45) is 0 Å². The Morgan fingerprint density at radius 3 is 2.63 bits per heavy atom. The number of H-pyrrole nitrogens is 1. The van der Waals surface area contributed by atoms with Gasteiger partial charge in [-0.25, -0.2) is 4.98 Å². The molecule has 138 valence electrons. The number of hydrogen-bond acceptors (Lipinski definition) is 8. The lowest BCUT2D eigenvalue weighted by Crippen LogP contribution is -2.10. The van der Waals surface area contributed by atoms with Crippen LogP contribution in [-0.2, 0) is 5.75 Å². The van der Waals surface area contributed by atoms with Gasteiger partial charge in [-0.2, -0.15) is 0 Å². The number of nitrogens with zero attached hydrogens (tertiary/aromatic N) is 3. The SMILES string of the molecule is CCSc1nnc(SCc2nc3scc(-c4ccc(Br)cc4)c3c(=O)[nH]2)s1. The number of aromatic nitrogens is 4. The number of nitrogens with one attached hydrogen (secondary N) is 1. The van der Waals surface area contributed by atoms with Gasteiger partial charge in [-0.15, -0.1) is 21.5 Å². The van der Waals surface area contributed by atoms with Crippen molar-refractivity contribution in [3.05, 3.63) is 50.3 Å². The molecule has 3 heterocycles. The van der Waals surface area contributed by atoms with E-state index < -0.39 is 0 Å². The maximum atomic E-state index is 12.7. The summed E-state index contributed by atoms with van der Waals surface area (Å²) in [5, 5.41) is 11.0. The van der Waals surface area contributed by atoms with Gasteiger partial charge in [-0.05, 0) is 23.4 Å². The summed E-state index contributed by atoms with van der Waals surface area (Å²) in [4.78, 5) is 21.0. The fourth-order valence-electron chi connectivity index (χ4n) is 2.47. The molecule has 4 aromatic rings. The molecule has 4 rings (SSSR count). The molecule has 0 saturated carbocycles. The van der Waals surface area contributed by atoms with Gasteiger partial charge in [0.1, 0.15) is 10.7 Å². The molecule has 0 unspecified atom stereocenters. The normalized spacial score (nSPS) is 11.3. The zero-order valence-electron chi connectivity index (χ0n) is 14.1. The molecule has 0 aliphatic rings. The average Bonchev–Trinajstić information content (AvgIpc) is 3.28. The van der Waals surface area contributed by atoms with Crippen LogP contribution in [0.4, 0.5) is 0 Å². The minimum atomic E-state index is -0.103. The topological polar surface area (TPSA) is 71.5 Å². The van der Waals surface area contributed by atoms with Crippen LogP contribution in [0.1, 0.15) is 12.7 Å². The van der Waals surface area contributed by atoms with Crippen LogP contribution >= 0.6 is 62.1 Å². The molecule has 0 bridgehead atoms. The Bertz CT molecular complexity index is 1140. The highest BCUT2D eigenvalue weighted by molar-refractivity contribution is 9.10. The van der Waals surface area contributed by atoms with Gasteiger partial charge in [0.25, 0.3) is 5.56 Å². The largest absolute Gasteiger partial charge is 0.309 e. The zero-order valence-corrected chi connectivity index (χ0v) is 18.9. The first-order valence-corrected chi connectivity index (χ1v) is 12.5. The number of aromatic amines is 1. The van der Waals surface area contributed by atoms with Crippen molar-refractivity contribution < 1.29 is 0 Å². The Balaban J connectivity index is 1.59. The summed E-state index contributed by atoms with van der Waals surface area (Å²) < 4.78 is 2.86. The van der Waals surface area contributed by atoms with Gasteiger partial charge in [0.15, 0.2) is 8.68 Å². The van der Waals surface area contributed by atoms with E-state index in [1.807, 2.05) is 29.6 Å². The number of benzene rings is 1. The molecule has 0 aliphatic heterocycles. The molecule has 0 aliphatic carbocycles. The van der Waals surface area contributed by atoms with Crippen LogP contribution in [0.5, 0.6) is 0 Å². The Morgan fingerprint density at radius 2 is 1.89 bits per heavy atom. The van der Waals surface area contributed by atoms with E-state index in [1.54, 1.807) is 34.9 Å². The Labute approximate surface area is 180 Å². The maximum Gasteiger partial charge on any atom is 0.260 e. The molecular formula is C17H13BrN4OS4. The molecule has 0 spiro atoms. The van der Waals surface area contributed by atoms with Crippen LogP contribution in [0.2, 0.25) is 0 Å². The number of hydrogen-bond donors (Lipinski definition) is 1. The summed E-state index contributed by atoms with van der Waals surface area (Å²) in [5.74, 6) is 2.19. The molecule has 0 atom stereocenters. The maximum absolute atomic E-state index is 12.7. The van der Waals surface area contributed by atoms with E-state index in [2.05, 4.69) is 43.0 Å². The molecule has 3 aromatic heterocycles. The first-order valence-electron chi connectivity index (χ1n) is 7.99. The van der Waals surface area contributed by atoms with Crippen molar-refractivity contribution in [3.8, 4) is 11.1 Å². The third-order valence-corrected chi connectivity index (χ3v) is 8.12. The highest BCUT2D eigenvalue weighted by Gasteiger charge is 2.14. The summed E-state index contributed by atoms with van der Waals surface area (Å²) in [7, 11) is 0. The number of thiophene rings is 1. The molecule has 1 N–H and O–H groups in total. The molecule has 0 amide bonds. The smallest absolute Gasteiger partial charge is 0.260 e. The van der Waals surface area contributed by atoms with Crippen molar-refractivity contribution >= 4 is 72.3 Å². The number of fused-ring (bicyclic) bond motifs is 1. The lowest BCUT2D eigenvalue weighted by molar-refractivity contribution is 0.952. The van der Waals surface area contributed by atoms with Gasteiger partial charge in [0.2, 0.25) is 0 Å². The van der Waals surface area contributed by atoms with E-state index in [4.69, 9.17) is 0 Å². The summed E-state index contributed by atoms with van der Waals surface area (Å²) in [5.41, 5.74) is 1.82. The van der Waals surface area contributed by atoms with Crippen molar-refractivity contribution in [2.45, 2.75) is 21.4 Å². The van der Waals surface area contributed by atoms with E-state index in [9.17, 15) is 4.79 Å². The standard InChI is InChI=1S/C17H13BrN4OS4/c1-2-24-16-21-22-17(27-16)26-8-12-19-14(23)13-11(7-25-15(13)20-12)9-3-5-10(18)6-4-9/h3-7H,2,8H2,1H3,(H,19,20,23). The summed E-state index contributed by atoms with van der Waals surface area (Å²) in [6.45, 7) is 2.09. The number of rotatable bonds is 6. The van der Waals surface area contributed by atoms with E-state index >= 15 is 0 Å². The molecule has 0 radical (unpaired) electrons. The predicted molar refractivity (Wildman–Crippen MR) is 119 cm³/mol. The van der Waals surface area contributed by atoms with Crippen molar-refractivity contribution in [2.75, 3.05) is 5.75 Å². The van der Waals surface area contributed by atoms with E-state index in [1.165, 1.54) is 11.3 Å². The second-order valence-electron chi connectivity index (χ2n) is 5.40. The summed E-state index contributed by atoms with van der Waals surface area (Å²) in [6.07, 6.45) is 0. The van der Waals surface area contributed by atoms with E-state index in [-0.39, 0.29) is 5.56 Å². The lowest BCUT2D eigenvalue weighted by Gasteiger charge is -2.02. The van der Waals surface area contributed by atoms with Crippen LogP contribution in [0.25, 0.3) is 21.3 Å². The highest BCUT2D eigenvalue weighted by atomic mass is 79.9. The van der Waals surface area contributed by atoms with Gasteiger partial charge < -0.3 is 4.98 Å². The van der Waals surface area contributed by atoms with Crippen LogP contribution in [0.3, 0.4) is 0 Å². The second-order valence-corrected chi connectivity index (χ2v) is 10.9. The average molecular weight is 497 g/mol. The minimum Gasteiger partial charge on any atom is -0.309 e. The quantitative estimate of drug-likeness (QED) is 0.346. The van der Waals surface area contributed by atoms with Crippen molar-refractivity contribution in [1.29, 1.82) is 0 Å². The van der Waals surface area contributed by atoms with Crippen molar-refractivity contribution in [1.82, 2.24) is 20.2 Å². The fourth-order valence-corrected chi connectivity index (χ4v) is 6.49. The first kappa shape index (κ1) is 19.1. The minimum absolute atomic E-state index is 0.103. The van der Waals surface area contributed by atoms with Gasteiger partial charge in [-0.1, -0.05) is 69.8 Å². The molecule has 27 heavy (non-hydrogen) atoms. The lowest BCUT2D eigenvalue weighted by atomic mass is 10.1. The van der Waals surface area contributed by atoms with E-state index in [0.29, 0.717) is 17.0 Å². The zero-order chi connectivity index (χ0) is 18.8. The third kappa shape index (κ3) is 4.29. The summed E-state index contributed by atoms with van der Waals surface area (Å²) >= 11 is 9.72. The highest BCUT2D eigenvalue weighted by Crippen LogP contribution is 2.33. The first-order chi connectivity index (χ1) is 13.1. The van der Waals surface area contributed by atoms with Crippen molar-refractivity contribution in [3.63, 3.8) is 0 Å². The van der Waals surface area contributed by atoms with Gasteiger partial charge in [0, 0.05) is 15.4 Å². The van der Waals surface area contributed by atoms with Gasteiger partial charge in [-0.3, -0.25) is 4.79 Å². The Kier molecular flexibility index (Phi) is 5.98. The molecule has 0 fully saturated rings. The monoisotopic (exact) mass is 496 g/mol. The fraction of sp³-hybridized carbons (Fsp3) is 0.176. The van der Waals surface area contributed by atoms with Gasteiger partial charge >= 0.3 is 0 Å². The Hall–Kier alpha value is -1.20. The summed E-state index contributed by atoms with van der Waals surface area (Å²) in [6, 6.07) is 7.93. The number of halogens is 1. The third-order valence-electron chi connectivity index (χ3n) is 3.64. The molecular weight excluding hydrogens is 484 g/mol. The molecule has 0 saturated heterocycles. The molecule has 5 nitrogen and oxygen atoms in total. The molecule has 10 heteroatoms. The Morgan fingerprint density at radius 1 is 1.15 bits per heavy atom. The van der Waals surface area contributed by atoms with Crippen LogP contribution < -0.4 is 5.56 Å². The van der Waals surface area contributed by atoms with Crippen LogP contribution in [0.15, 0.2) is 47.6 Å². The second kappa shape index (κ2) is 8.44. The van der Waals surface area contributed by atoms with E-state index in [0.717, 1.165) is 34.9 Å².